The Balaban J connectivity index is 0. The third kappa shape index (κ3) is 19.1. The Morgan fingerprint density at radius 3 is 2.08 bits per heavy atom. The van der Waals surface area contributed by atoms with E-state index in [9.17, 15) is 14.4 Å². The van der Waals surface area contributed by atoms with E-state index < -0.39 is 36.3 Å². The van der Waals surface area contributed by atoms with Gasteiger partial charge in [-0.2, -0.15) is 0 Å². The first-order valence-corrected chi connectivity index (χ1v) is 6.83. The highest BCUT2D eigenvalue weighted by atomic mass is 16.4. The van der Waals surface area contributed by atoms with Gasteiger partial charge in [-0.05, 0) is 12.8 Å². The molecule has 0 fully saturated rings. The summed E-state index contributed by atoms with van der Waals surface area (Å²) in [6.07, 6.45) is 0.886. The van der Waals surface area contributed by atoms with Crippen LogP contribution in [0.5, 0.6) is 0 Å². The normalized spacial score (nSPS) is 10.4. The summed E-state index contributed by atoms with van der Waals surface area (Å²) in [6.45, 7) is 0.620. The Morgan fingerprint density at radius 1 is 1.08 bits per heavy atom. The van der Waals surface area contributed by atoms with Gasteiger partial charge in [0.25, 0.3) is 5.97 Å². The molecule has 0 bridgehead atoms. The van der Waals surface area contributed by atoms with Crippen LogP contribution in [0.15, 0.2) is 4.99 Å². The van der Waals surface area contributed by atoms with Gasteiger partial charge in [-0.25, -0.2) is 0 Å². The predicted molar refractivity (Wildman–Crippen MR) is 84.9 cm³/mol. The zero-order valence-electron chi connectivity index (χ0n) is 13.3. The average Bonchev–Trinajstić information content (AvgIpc) is 2.45. The second-order valence-corrected chi connectivity index (χ2v) is 4.46. The van der Waals surface area contributed by atoms with E-state index in [0.717, 1.165) is 6.92 Å². The second-order valence-electron chi connectivity index (χ2n) is 4.46. The SMILES string of the molecule is CC(=O)O.NC(N)=NCCCC(N)C(=O)NCC(=O)NCC(=O)O. The van der Waals surface area contributed by atoms with Gasteiger partial charge in [-0.3, -0.25) is 24.2 Å². The van der Waals surface area contributed by atoms with Gasteiger partial charge in [-0.1, -0.05) is 0 Å². The molecule has 0 spiro atoms. The molecule has 0 radical (unpaired) electrons. The van der Waals surface area contributed by atoms with Gasteiger partial charge in [0.1, 0.15) is 6.54 Å². The maximum atomic E-state index is 11.5. The lowest BCUT2D eigenvalue weighted by molar-refractivity contribution is -0.138. The quantitative estimate of drug-likeness (QED) is 0.126. The molecule has 10 N–H and O–H groups in total. The van der Waals surface area contributed by atoms with Crippen LogP contribution in [0.4, 0.5) is 0 Å². The molecular weight excluding hydrogens is 324 g/mol. The first kappa shape index (κ1) is 23.4. The van der Waals surface area contributed by atoms with Crippen LogP contribution in [-0.4, -0.2) is 65.6 Å². The third-order valence-electron chi connectivity index (χ3n) is 2.16. The summed E-state index contributed by atoms with van der Waals surface area (Å²) in [5.74, 6) is -3.13. The van der Waals surface area contributed by atoms with Gasteiger partial charge in [-0.15, -0.1) is 0 Å². The van der Waals surface area contributed by atoms with E-state index in [-0.39, 0.29) is 12.5 Å². The van der Waals surface area contributed by atoms with Crippen molar-refractivity contribution in [3.8, 4) is 0 Å². The third-order valence-corrected chi connectivity index (χ3v) is 2.16. The van der Waals surface area contributed by atoms with Crippen molar-refractivity contribution in [3.05, 3.63) is 0 Å². The molecule has 138 valence electrons. The van der Waals surface area contributed by atoms with Crippen LogP contribution in [0.25, 0.3) is 0 Å². The molecule has 0 aliphatic carbocycles. The number of aliphatic imine (C=N–C) groups is 1. The number of aliphatic carboxylic acids is 2. The van der Waals surface area contributed by atoms with E-state index in [0.29, 0.717) is 19.4 Å². The number of carbonyl (C=O) groups is 4. The van der Waals surface area contributed by atoms with Crippen LogP contribution in [0.3, 0.4) is 0 Å². The minimum atomic E-state index is -1.17. The van der Waals surface area contributed by atoms with Gasteiger partial charge in [0.05, 0.1) is 12.6 Å². The first-order chi connectivity index (χ1) is 11.1. The molecule has 1 atom stereocenters. The number of rotatable bonds is 9. The largest absolute Gasteiger partial charge is 0.481 e. The molecule has 0 aliphatic heterocycles. The monoisotopic (exact) mass is 348 g/mol. The topological polar surface area (TPSA) is 223 Å². The fourth-order valence-corrected chi connectivity index (χ4v) is 1.19. The van der Waals surface area contributed by atoms with E-state index in [1.54, 1.807) is 0 Å². The zero-order chi connectivity index (χ0) is 19.1. The Bertz CT molecular complexity index is 459. The van der Waals surface area contributed by atoms with Crippen molar-refractivity contribution < 1.29 is 29.4 Å². The van der Waals surface area contributed by atoms with Crippen LogP contribution in [-0.2, 0) is 19.2 Å². The summed E-state index contributed by atoms with van der Waals surface area (Å²) in [6, 6.07) is -0.781. The Morgan fingerprint density at radius 2 is 1.62 bits per heavy atom. The van der Waals surface area contributed by atoms with Crippen molar-refractivity contribution in [2.45, 2.75) is 25.8 Å². The molecule has 0 aromatic heterocycles. The molecule has 0 aromatic carbocycles. The zero-order valence-corrected chi connectivity index (χ0v) is 13.3. The molecule has 1 unspecified atom stereocenters. The Kier molecular flexibility index (Phi) is 13.4. The van der Waals surface area contributed by atoms with Crippen LogP contribution < -0.4 is 27.8 Å². The molecule has 0 saturated carbocycles. The summed E-state index contributed by atoms with van der Waals surface area (Å²) in [7, 11) is 0. The van der Waals surface area contributed by atoms with Crippen LogP contribution in [0, 0.1) is 0 Å². The summed E-state index contributed by atoms with van der Waals surface area (Å²) >= 11 is 0. The average molecular weight is 348 g/mol. The number of nitrogens with zero attached hydrogens (tertiary/aromatic N) is 1. The summed E-state index contributed by atoms with van der Waals surface area (Å²) in [4.78, 5) is 45.6. The van der Waals surface area contributed by atoms with Gasteiger partial charge in [0, 0.05) is 13.5 Å². The second kappa shape index (κ2) is 13.8. The fraction of sp³-hybridized carbons (Fsp3) is 0.583. The van der Waals surface area contributed by atoms with E-state index in [1.807, 2.05) is 0 Å². The van der Waals surface area contributed by atoms with Gasteiger partial charge in [0.2, 0.25) is 11.8 Å². The van der Waals surface area contributed by atoms with Gasteiger partial charge < -0.3 is 38.0 Å². The Labute approximate surface area is 138 Å². The molecule has 0 heterocycles. The molecule has 24 heavy (non-hydrogen) atoms. The van der Waals surface area contributed by atoms with E-state index >= 15 is 0 Å². The Hall–Kier alpha value is -2.89. The van der Waals surface area contributed by atoms with Gasteiger partial charge in [0.15, 0.2) is 5.96 Å². The number of hydrogen-bond acceptors (Lipinski definition) is 6. The number of hydrogen-bond donors (Lipinski definition) is 7. The first-order valence-electron chi connectivity index (χ1n) is 6.83. The van der Waals surface area contributed by atoms with Crippen LogP contribution >= 0.6 is 0 Å². The number of carboxylic acid groups (broad SMARTS) is 2. The maximum absolute atomic E-state index is 11.5. The molecule has 0 aliphatic rings. The van der Waals surface area contributed by atoms with Crippen LogP contribution in [0.2, 0.25) is 0 Å². The number of carboxylic acids is 2. The van der Waals surface area contributed by atoms with Gasteiger partial charge >= 0.3 is 5.97 Å². The van der Waals surface area contributed by atoms with Crippen LogP contribution in [0.1, 0.15) is 19.8 Å². The summed E-state index contributed by atoms with van der Waals surface area (Å²) < 4.78 is 0. The number of nitrogens with one attached hydrogen (secondary N) is 2. The van der Waals surface area contributed by atoms with Crippen molar-refractivity contribution in [3.63, 3.8) is 0 Å². The number of nitrogens with two attached hydrogens (primary N) is 3. The highest BCUT2D eigenvalue weighted by molar-refractivity contribution is 5.88. The minimum absolute atomic E-state index is 0.0295. The van der Waals surface area contributed by atoms with E-state index in [1.165, 1.54) is 0 Å². The molecule has 12 heteroatoms. The highest BCUT2D eigenvalue weighted by Crippen LogP contribution is 1.95. The maximum Gasteiger partial charge on any atom is 0.322 e. The summed E-state index contributed by atoms with van der Waals surface area (Å²) in [5, 5.41) is 20.2. The standard InChI is InChI=1S/C10H20N6O4.C2H4O2/c11-6(2-1-3-14-10(12)13)9(20)16-4-7(17)15-5-8(18)19;1-2(3)4/h6H,1-5,11H2,(H,15,17)(H,16,20)(H,18,19)(H4,12,13,14);1H3,(H,3,4). The molecule has 0 aromatic rings. The van der Waals surface area contributed by atoms with Crippen molar-refractivity contribution in [2.24, 2.45) is 22.2 Å². The smallest absolute Gasteiger partial charge is 0.322 e. The molecule has 12 nitrogen and oxygen atoms in total. The molecule has 2 amide bonds. The van der Waals surface area contributed by atoms with Crippen molar-refractivity contribution in [1.82, 2.24) is 10.6 Å². The number of guanidine groups is 1. The fourth-order valence-electron chi connectivity index (χ4n) is 1.19. The predicted octanol–water partition coefficient (Wildman–Crippen LogP) is -3.22. The minimum Gasteiger partial charge on any atom is -0.481 e. The lowest BCUT2D eigenvalue weighted by atomic mass is 10.1. The highest BCUT2D eigenvalue weighted by Gasteiger charge is 2.14. The molecule has 0 saturated heterocycles. The molecular formula is C12H24N6O6. The van der Waals surface area contributed by atoms with E-state index in [2.05, 4.69) is 15.6 Å². The van der Waals surface area contributed by atoms with Crippen molar-refractivity contribution >= 4 is 29.7 Å². The van der Waals surface area contributed by atoms with Crippen molar-refractivity contribution in [2.75, 3.05) is 19.6 Å². The lowest BCUT2D eigenvalue weighted by Gasteiger charge is -2.11. The van der Waals surface area contributed by atoms with Crippen molar-refractivity contribution in [1.29, 1.82) is 0 Å². The summed E-state index contributed by atoms with van der Waals surface area (Å²) in [5.41, 5.74) is 15.9. The van der Waals surface area contributed by atoms with E-state index in [4.69, 9.17) is 32.2 Å². The number of amides is 2. The lowest BCUT2D eigenvalue weighted by Crippen LogP contribution is -2.45. The molecule has 0 rings (SSSR count). The number of carbonyl (C=O) groups excluding carboxylic acids is 2.